The van der Waals surface area contributed by atoms with E-state index in [0.717, 1.165) is 25.0 Å². The van der Waals surface area contributed by atoms with Crippen LogP contribution in [0, 0.1) is 6.92 Å². The predicted octanol–water partition coefficient (Wildman–Crippen LogP) is 4.34. The molecule has 2 aromatic heterocycles. The van der Waals surface area contributed by atoms with Crippen molar-refractivity contribution >= 4 is 11.0 Å². The standard InChI is InChI=1S/C13H18N2.C2H6/c1-4-9-15-12(5-2)10(3)11-7-6-8-14-13(11)15;1-2/h6-8H,4-5,9H2,1-3H3;1-2H3. The van der Waals surface area contributed by atoms with Gasteiger partial charge in [-0.3, -0.25) is 0 Å². The molecule has 0 aliphatic rings. The number of aryl methyl sites for hydroxylation is 2. The van der Waals surface area contributed by atoms with Crippen LogP contribution in [0.3, 0.4) is 0 Å². The lowest BCUT2D eigenvalue weighted by Crippen LogP contribution is -2.02. The fraction of sp³-hybridized carbons (Fsp3) is 0.533. The number of rotatable bonds is 3. The summed E-state index contributed by atoms with van der Waals surface area (Å²) in [7, 11) is 0. The average molecular weight is 232 g/mol. The van der Waals surface area contributed by atoms with Crippen molar-refractivity contribution < 1.29 is 0 Å². The molecule has 0 saturated heterocycles. The molecule has 0 fully saturated rings. The van der Waals surface area contributed by atoms with Crippen molar-refractivity contribution in [2.24, 2.45) is 0 Å². The fourth-order valence-corrected chi connectivity index (χ4v) is 2.31. The molecule has 0 spiro atoms. The van der Waals surface area contributed by atoms with Gasteiger partial charge in [-0.05, 0) is 37.5 Å². The van der Waals surface area contributed by atoms with Crippen molar-refractivity contribution in [3.63, 3.8) is 0 Å². The highest BCUT2D eigenvalue weighted by Crippen LogP contribution is 2.24. The first kappa shape index (κ1) is 13.8. The maximum absolute atomic E-state index is 4.49. The predicted molar refractivity (Wildman–Crippen MR) is 75.5 cm³/mol. The highest BCUT2D eigenvalue weighted by Gasteiger charge is 2.11. The van der Waals surface area contributed by atoms with Gasteiger partial charge in [-0.2, -0.15) is 0 Å². The molecule has 0 aliphatic carbocycles. The van der Waals surface area contributed by atoms with Gasteiger partial charge in [0.15, 0.2) is 0 Å². The lowest BCUT2D eigenvalue weighted by molar-refractivity contribution is 0.664. The van der Waals surface area contributed by atoms with Gasteiger partial charge in [0.05, 0.1) is 0 Å². The van der Waals surface area contributed by atoms with E-state index in [-0.39, 0.29) is 0 Å². The molecule has 2 rings (SSSR count). The van der Waals surface area contributed by atoms with Crippen LogP contribution in [0.1, 0.15) is 45.4 Å². The maximum atomic E-state index is 4.49. The van der Waals surface area contributed by atoms with Gasteiger partial charge in [-0.1, -0.05) is 27.7 Å². The van der Waals surface area contributed by atoms with Crippen LogP contribution in [-0.2, 0) is 13.0 Å². The molecule has 0 bridgehead atoms. The molecule has 0 aliphatic heterocycles. The number of aromatic nitrogens is 2. The summed E-state index contributed by atoms with van der Waals surface area (Å²) in [5.74, 6) is 0. The first-order valence-electron chi connectivity index (χ1n) is 6.72. The molecule has 0 N–H and O–H groups in total. The van der Waals surface area contributed by atoms with E-state index in [2.05, 4.69) is 36.4 Å². The molecule has 2 heterocycles. The van der Waals surface area contributed by atoms with Gasteiger partial charge in [0.2, 0.25) is 0 Å². The van der Waals surface area contributed by atoms with Crippen molar-refractivity contribution in [3.8, 4) is 0 Å². The van der Waals surface area contributed by atoms with Crippen molar-refractivity contribution in [1.29, 1.82) is 0 Å². The van der Waals surface area contributed by atoms with E-state index in [4.69, 9.17) is 0 Å². The Morgan fingerprint density at radius 2 is 1.94 bits per heavy atom. The summed E-state index contributed by atoms with van der Waals surface area (Å²) in [5.41, 5.74) is 3.98. The minimum atomic E-state index is 1.07. The van der Waals surface area contributed by atoms with Crippen LogP contribution >= 0.6 is 0 Å². The lowest BCUT2D eigenvalue weighted by atomic mass is 10.1. The quantitative estimate of drug-likeness (QED) is 0.769. The van der Waals surface area contributed by atoms with Crippen LogP contribution in [0.2, 0.25) is 0 Å². The summed E-state index contributed by atoms with van der Waals surface area (Å²) in [5, 5.41) is 1.31. The maximum Gasteiger partial charge on any atom is 0.140 e. The molecular weight excluding hydrogens is 208 g/mol. The summed E-state index contributed by atoms with van der Waals surface area (Å²) in [6.07, 6.45) is 4.13. The first-order chi connectivity index (χ1) is 8.29. The van der Waals surface area contributed by atoms with Crippen LogP contribution in [-0.4, -0.2) is 9.55 Å². The van der Waals surface area contributed by atoms with Crippen LogP contribution in [0.15, 0.2) is 18.3 Å². The number of hydrogen-bond donors (Lipinski definition) is 0. The van der Waals surface area contributed by atoms with Crippen LogP contribution in [0.5, 0.6) is 0 Å². The number of hydrogen-bond acceptors (Lipinski definition) is 1. The Bertz CT molecular complexity index is 469. The molecule has 0 unspecified atom stereocenters. The molecule has 0 amide bonds. The van der Waals surface area contributed by atoms with Crippen LogP contribution in [0.4, 0.5) is 0 Å². The summed E-state index contributed by atoms with van der Waals surface area (Å²) < 4.78 is 2.37. The zero-order valence-corrected chi connectivity index (χ0v) is 11.7. The first-order valence-corrected chi connectivity index (χ1v) is 6.72. The number of fused-ring (bicyclic) bond motifs is 1. The summed E-state index contributed by atoms with van der Waals surface area (Å²) in [6, 6.07) is 4.19. The monoisotopic (exact) mass is 232 g/mol. The summed E-state index contributed by atoms with van der Waals surface area (Å²) >= 11 is 0. The van der Waals surface area contributed by atoms with E-state index in [0.29, 0.717) is 0 Å². The van der Waals surface area contributed by atoms with Crippen molar-refractivity contribution in [1.82, 2.24) is 9.55 Å². The van der Waals surface area contributed by atoms with Crippen molar-refractivity contribution in [2.75, 3.05) is 0 Å². The second kappa shape index (κ2) is 6.43. The molecule has 2 heteroatoms. The van der Waals surface area contributed by atoms with Gasteiger partial charge in [-0.15, -0.1) is 0 Å². The zero-order valence-electron chi connectivity index (χ0n) is 11.7. The Balaban J connectivity index is 0.000000686. The SMILES string of the molecule is CC.CCCn1c(CC)c(C)c2cccnc21. The van der Waals surface area contributed by atoms with Crippen molar-refractivity contribution in [2.45, 2.75) is 54.0 Å². The third-order valence-electron chi connectivity index (χ3n) is 2.99. The molecular formula is C15H24N2. The normalized spacial score (nSPS) is 10.2. The second-order valence-electron chi connectivity index (χ2n) is 3.95. The number of nitrogens with zero attached hydrogens (tertiary/aromatic N) is 2. The van der Waals surface area contributed by atoms with Gasteiger partial charge >= 0.3 is 0 Å². The molecule has 0 atom stereocenters. The van der Waals surface area contributed by atoms with Gasteiger partial charge in [-0.25, -0.2) is 4.98 Å². The average Bonchev–Trinajstić information content (AvgIpc) is 2.66. The third kappa shape index (κ3) is 2.51. The van der Waals surface area contributed by atoms with E-state index >= 15 is 0 Å². The fourth-order valence-electron chi connectivity index (χ4n) is 2.31. The Labute approximate surface area is 105 Å². The van der Waals surface area contributed by atoms with Crippen LogP contribution in [0.25, 0.3) is 11.0 Å². The van der Waals surface area contributed by atoms with Gasteiger partial charge in [0.25, 0.3) is 0 Å². The molecule has 94 valence electrons. The molecule has 0 aromatic carbocycles. The lowest BCUT2D eigenvalue weighted by Gasteiger charge is -2.07. The summed E-state index contributed by atoms with van der Waals surface area (Å²) in [6.45, 7) is 11.7. The highest BCUT2D eigenvalue weighted by molar-refractivity contribution is 5.81. The van der Waals surface area contributed by atoms with Gasteiger partial charge < -0.3 is 4.57 Å². The third-order valence-corrected chi connectivity index (χ3v) is 2.99. The molecule has 2 aromatic rings. The molecule has 2 nitrogen and oxygen atoms in total. The Morgan fingerprint density at radius 1 is 1.24 bits per heavy atom. The largest absolute Gasteiger partial charge is 0.329 e. The van der Waals surface area contributed by atoms with E-state index in [1.807, 2.05) is 26.1 Å². The van der Waals surface area contributed by atoms with E-state index in [9.17, 15) is 0 Å². The molecule has 17 heavy (non-hydrogen) atoms. The van der Waals surface area contributed by atoms with E-state index in [1.165, 1.54) is 16.6 Å². The Morgan fingerprint density at radius 3 is 2.53 bits per heavy atom. The molecule has 0 saturated carbocycles. The smallest absolute Gasteiger partial charge is 0.140 e. The van der Waals surface area contributed by atoms with Crippen molar-refractivity contribution in [3.05, 3.63) is 29.6 Å². The minimum Gasteiger partial charge on any atom is -0.329 e. The molecule has 0 radical (unpaired) electrons. The Kier molecular flexibility index (Phi) is 5.20. The van der Waals surface area contributed by atoms with Crippen LogP contribution < -0.4 is 0 Å². The minimum absolute atomic E-state index is 1.07. The summed E-state index contributed by atoms with van der Waals surface area (Å²) in [4.78, 5) is 4.49. The van der Waals surface area contributed by atoms with E-state index < -0.39 is 0 Å². The Hall–Kier alpha value is -1.31. The topological polar surface area (TPSA) is 17.8 Å². The number of pyridine rings is 1. The second-order valence-corrected chi connectivity index (χ2v) is 3.95. The highest BCUT2D eigenvalue weighted by atomic mass is 15.0. The van der Waals surface area contributed by atoms with Gasteiger partial charge in [0.1, 0.15) is 5.65 Å². The van der Waals surface area contributed by atoms with E-state index in [1.54, 1.807) is 0 Å². The van der Waals surface area contributed by atoms with Gasteiger partial charge in [0, 0.05) is 23.8 Å². The zero-order chi connectivity index (χ0) is 12.8.